The van der Waals surface area contributed by atoms with E-state index in [9.17, 15) is 9.90 Å². The minimum absolute atomic E-state index is 0.400. The number of benzene rings is 2. The summed E-state index contributed by atoms with van der Waals surface area (Å²) < 4.78 is 17.6. The van der Waals surface area contributed by atoms with Gasteiger partial charge in [-0.25, -0.2) is 4.79 Å². The first kappa shape index (κ1) is 19.3. The van der Waals surface area contributed by atoms with Gasteiger partial charge in [0.15, 0.2) is 17.6 Å². The van der Waals surface area contributed by atoms with Gasteiger partial charge in [0.1, 0.15) is 5.75 Å². The number of halogens is 1. The Bertz CT molecular complexity index is 811. The monoisotopic (exact) mass is 391 g/mol. The van der Waals surface area contributed by atoms with Crippen LogP contribution in [0.4, 0.5) is 0 Å². The number of rotatable bonds is 7. The maximum Gasteiger partial charge on any atom is 0.349 e. The van der Waals surface area contributed by atoms with Crippen molar-refractivity contribution in [2.24, 2.45) is 0 Å². The highest BCUT2D eigenvalue weighted by molar-refractivity contribution is 6.30. The summed E-state index contributed by atoms with van der Waals surface area (Å²) >= 11 is 6.16. The van der Waals surface area contributed by atoms with Crippen molar-refractivity contribution in [1.82, 2.24) is 4.90 Å². The summed E-state index contributed by atoms with van der Waals surface area (Å²) in [6.45, 7) is 1.38. The summed E-state index contributed by atoms with van der Waals surface area (Å²) in [6.07, 6.45) is -1.25. The van der Waals surface area contributed by atoms with Gasteiger partial charge in [-0.2, -0.15) is 0 Å². The van der Waals surface area contributed by atoms with Gasteiger partial charge in [-0.1, -0.05) is 23.7 Å². The van der Waals surface area contributed by atoms with Crippen LogP contribution in [0.25, 0.3) is 0 Å². The molecule has 0 radical (unpaired) electrons. The normalized spacial score (nSPS) is 18.4. The molecule has 7 heteroatoms. The number of nitrogens with zero attached hydrogens (tertiary/aromatic N) is 1. The number of ether oxygens (including phenoxy) is 3. The molecule has 0 saturated heterocycles. The molecule has 0 spiro atoms. The predicted octanol–water partition coefficient (Wildman–Crippen LogP) is 3.64. The number of para-hydroxylation sites is 2. The fraction of sp³-hybridized carbons (Fsp3) is 0.350. The van der Waals surface area contributed by atoms with E-state index in [4.69, 9.17) is 25.8 Å². The highest BCUT2D eigenvalue weighted by atomic mass is 35.5. The van der Waals surface area contributed by atoms with Crippen LogP contribution in [0.5, 0.6) is 17.2 Å². The Balaban J connectivity index is 1.88. The number of hydrogen-bond acceptors (Lipinski definition) is 5. The Hall–Kier alpha value is -2.44. The molecule has 0 amide bonds. The van der Waals surface area contributed by atoms with Crippen LogP contribution in [0.3, 0.4) is 0 Å². The molecule has 1 N–H and O–H groups in total. The van der Waals surface area contributed by atoms with Crippen LogP contribution in [0.15, 0.2) is 42.5 Å². The molecule has 6 nitrogen and oxygen atoms in total. The van der Waals surface area contributed by atoms with Crippen LogP contribution in [0, 0.1) is 0 Å². The SMILES string of the molecule is CN(C)CCCOc1ccc(Cl)cc1C1Oc2ccccc2OC1C(=O)O. The molecule has 3 rings (SSSR count). The maximum absolute atomic E-state index is 11.8. The van der Waals surface area contributed by atoms with Crippen molar-refractivity contribution in [3.63, 3.8) is 0 Å². The van der Waals surface area contributed by atoms with Gasteiger partial charge < -0.3 is 24.2 Å². The van der Waals surface area contributed by atoms with Gasteiger partial charge in [0, 0.05) is 17.1 Å². The lowest BCUT2D eigenvalue weighted by molar-refractivity contribution is -0.151. The van der Waals surface area contributed by atoms with Gasteiger partial charge in [0.05, 0.1) is 6.61 Å². The maximum atomic E-state index is 11.8. The predicted molar refractivity (Wildman–Crippen MR) is 102 cm³/mol. The Morgan fingerprint density at radius 3 is 2.56 bits per heavy atom. The summed E-state index contributed by atoms with van der Waals surface area (Å²) in [7, 11) is 3.99. The van der Waals surface area contributed by atoms with Crippen molar-refractivity contribution in [3.8, 4) is 17.2 Å². The third kappa shape index (κ3) is 4.64. The lowest BCUT2D eigenvalue weighted by Gasteiger charge is -2.32. The zero-order valence-corrected chi connectivity index (χ0v) is 16.0. The first-order chi connectivity index (χ1) is 13.0. The van der Waals surface area contributed by atoms with Crippen molar-refractivity contribution in [2.75, 3.05) is 27.2 Å². The lowest BCUT2D eigenvalue weighted by atomic mass is 10.0. The zero-order valence-electron chi connectivity index (χ0n) is 15.2. The average Bonchev–Trinajstić information content (AvgIpc) is 2.64. The summed E-state index contributed by atoms with van der Waals surface area (Å²) in [5, 5.41) is 10.1. The summed E-state index contributed by atoms with van der Waals surface area (Å²) in [5.74, 6) is 0.306. The van der Waals surface area contributed by atoms with Gasteiger partial charge in [-0.3, -0.25) is 0 Å². The van der Waals surface area contributed by atoms with Crippen molar-refractivity contribution in [3.05, 3.63) is 53.1 Å². The van der Waals surface area contributed by atoms with Gasteiger partial charge in [0.2, 0.25) is 6.10 Å². The van der Waals surface area contributed by atoms with E-state index in [1.54, 1.807) is 42.5 Å². The van der Waals surface area contributed by atoms with Gasteiger partial charge >= 0.3 is 5.97 Å². The number of hydrogen-bond donors (Lipinski definition) is 1. The van der Waals surface area contributed by atoms with E-state index in [0.29, 0.717) is 34.4 Å². The standard InChI is InChI=1S/C20H22ClNO5/c1-22(2)10-5-11-25-15-9-8-13(21)12-14(15)18-19(20(23)24)27-17-7-4-3-6-16(17)26-18/h3-4,6-9,12,18-19H,5,10-11H2,1-2H3,(H,23,24). The Kier molecular flexibility index (Phi) is 6.08. The second-order valence-electron chi connectivity index (χ2n) is 6.55. The first-order valence-electron chi connectivity index (χ1n) is 8.68. The van der Waals surface area contributed by atoms with Crippen LogP contribution in [-0.4, -0.2) is 49.3 Å². The van der Waals surface area contributed by atoms with Crippen LogP contribution >= 0.6 is 11.6 Å². The molecular formula is C20H22ClNO5. The van der Waals surface area contributed by atoms with E-state index in [1.807, 2.05) is 14.1 Å². The van der Waals surface area contributed by atoms with Crippen molar-refractivity contribution < 1.29 is 24.1 Å². The molecular weight excluding hydrogens is 370 g/mol. The Labute approximate surface area is 163 Å². The van der Waals surface area contributed by atoms with Crippen LogP contribution < -0.4 is 14.2 Å². The second-order valence-corrected chi connectivity index (χ2v) is 6.99. The van der Waals surface area contributed by atoms with E-state index >= 15 is 0 Å². The average molecular weight is 392 g/mol. The van der Waals surface area contributed by atoms with E-state index in [1.165, 1.54) is 0 Å². The molecule has 144 valence electrons. The molecule has 0 saturated carbocycles. The molecule has 27 heavy (non-hydrogen) atoms. The minimum Gasteiger partial charge on any atom is -0.493 e. The number of carboxylic acids is 1. The Morgan fingerprint density at radius 1 is 1.19 bits per heavy atom. The van der Waals surface area contributed by atoms with Crippen molar-refractivity contribution in [1.29, 1.82) is 0 Å². The van der Waals surface area contributed by atoms with E-state index < -0.39 is 18.2 Å². The molecule has 2 aromatic rings. The van der Waals surface area contributed by atoms with Crippen LogP contribution in [0.1, 0.15) is 18.1 Å². The number of aliphatic carboxylic acids is 1. The fourth-order valence-corrected chi connectivity index (χ4v) is 3.07. The summed E-state index contributed by atoms with van der Waals surface area (Å²) in [4.78, 5) is 13.9. The fourth-order valence-electron chi connectivity index (χ4n) is 2.88. The molecule has 0 fully saturated rings. The topological polar surface area (TPSA) is 68.2 Å². The van der Waals surface area contributed by atoms with Gasteiger partial charge in [-0.15, -0.1) is 0 Å². The molecule has 0 bridgehead atoms. The van der Waals surface area contributed by atoms with Gasteiger partial charge in [0.25, 0.3) is 0 Å². The highest BCUT2D eigenvalue weighted by Gasteiger charge is 2.39. The Morgan fingerprint density at radius 2 is 1.89 bits per heavy atom. The van der Waals surface area contributed by atoms with Crippen LogP contribution in [0.2, 0.25) is 5.02 Å². The number of carbonyl (C=O) groups is 1. The molecule has 2 aromatic carbocycles. The second kappa shape index (κ2) is 8.50. The molecule has 0 aliphatic carbocycles. The number of fused-ring (bicyclic) bond motifs is 1. The molecule has 1 aliphatic heterocycles. The molecule has 2 unspecified atom stereocenters. The number of carboxylic acid groups (broad SMARTS) is 1. The van der Waals surface area contributed by atoms with E-state index in [2.05, 4.69) is 4.90 Å². The summed E-state index contributed by atoms with van der Waals surface area (Å²) in [5.41, 5.74) is 0.550. The van der Waals surface area contributed by atoms with Crippen molar-refractivity contribution in [2.45, 2.75) is 18.6 Å². The smallest absolute Gasteiger partial charge is 0.349 e. The molecule has 1 heterocycles. The van der Waals surface area contributed by atoms with Crippen molar-refractivity contribution >= 4 is 17.6 Å². The summed E-state index contributed by atoms with van der Waals surface area (Å²) in [6, 6.07) is 12.1. The minimum atomic E-state index is -1.21. The van der Waals surface area contributed by atoms with Crippen LogP contribution in [-0.2, 0) is 4.79 Å². The van der Waals surface area contributed by atoms with Gasteiger partial charge in [-0.05, 0) is 50.8 Å². The van der Waals surface area contributed by atoms with E-state index in [0.717, 1.165) is 13.0 Å². The molecule has 0 aromatic heterocycles. The first-order valence-corrected chi connectivity index (χ1v) is 9.05. The zero-order chi connectivity index (χ0) is 19.4. The highest BCUT2D eigenvalue weighted by Crippen LogP contribution is 2.42. The molecule has 1 aliphatic rings. The lowest BCUT2D eigenvalue weighted by Crippen LogP contribution is -2.39. The molecule has 2 atom stereocenters. The third-order valence-corrected chi connectivity index (χ3v) is 4.40. The largest absolute Gasteiger partial charge is 0.493 e. The quantitative estimate of drug-likeness (QED) is 0.727. The third-order valence-electron chi connectivity index (χ3n) is 4.16. The van der Waals surface area contributed by atoms with E-state index in [-0.39, 0.29) is 0 Å².